The van der Waals surface area contributed by atoms with E-state index in [1.807, 2.05) is 77.5 Å². The molecule has 0 unspecified atom stereocenters. The summed E-state index contributed by atoms with van der Waals surface area (Å²) >= 11 is 6.68. The highest BCUT2D eigenvalue weighted by molar-refractivity contribution is 6.33. The van der Waals surface area contributed by atoms with Gasteiger partial charge in [-0.1, -0.05) is 109 Å². The zero-order valence-corrected chi connectivity index (χ0v) is 25.9. The second-order valence-corrected chi connectivity index (χ2v) is 12.0. The van der Waals surface area contributed by atoms with Crippen LogP contribution in [0.5, 0.6) is 0 Å². The number of carbonyl (C=O) groups excluding carboxylic acids is 1. The predicted molar refractivity (Wildman–Crippen MR) is 184 cm³/mol. The summed E-state index contributed by atoms with van der Waals surface area (Å²) in [7, 11) is 0. The molecule has 46 heavy (non-hydrogen) atoms. The Morgan fingerprint density at radius 3 is 2.07 bits per heavy atom. The molecule has 5 aromatic carbocycles. The van der Waals surface area contributed by atoms with Gasteiger partial charge in [-0.15, -0.1) is 0 Å². The molecule has 6 aromatic rings. The van der Waals surface area contributed by atoms with Gasteiger partial charge in [-0.05, 0) is 72.0 Å². The Bertz CT molecular complexity index is 1950. The molecule has 0 bridgehead atoms. The van der Waals surface area contributed by atoms with Gasteiger partial charge in [-0.25, -0.2) is 4.68 Å². The summed E-state index contributed by atoms with van der Waals surface area (Å²) in [5.41, 5.74) is 5.13. The first-order chi connectivity index (χ1) is 22.6. The van der Waals surface area contributed by atoms with Crippen LogP contribution in [-0.4, -0.2) is 28.8 Å². The highest BCUT2D eigenvalue weighted by Crippen LogP contribution is 2.44. The van der Waals surface area contributed by atoms with Gasteiger partial charge in [-0.2, -0.15) is 10.4 Å². The fourth-order valence-corrected chi connectivity index (χ4v) is 6.88. The van der Waals surface area contributed by atoms with Crippen molar-refractivity contribution in [2.45, 2.75) is 18.4 Å². The molecule has 1 saturated heterocycles. The molecule has 0 saturated carbocycles. The second-order valence-electron chi connectivity index (χ2n) is 11.6. The van der Waals surface area contributed by atoms with E-state index in [1.165, 1.54) is 0 Å². The maximum Gasteiger partial charge on any atom is 0.229 e. The van der Waals surface area contributed by atoms with Gasteiger partial charge in [-0.3, -0.25) is 4.79 Å². The molecular formula is C39H32ClN5O. The summed E-state index contributed by atoms with van der Waals surface area (Å²) in [6, 6.07) is 44.6. The Labute approximate surface area is 273 Å². The first kappa shape index (κ1) is 29.5. The minimum Gasteiger partial charge on any atom is -0.316 e. The Kier molecular flexibility index (Phi) is 8.11. The molecule has 7 rings (SSSR count). The summed E-state index contributed by atoms with van der Waals surface area (Å²) in [4.78, 5) is 13.7. The lowest BCUT2D eigenvalue weighted by atomic mass is 9.77. The maximum absolute atomic E-state index is 13.7. The van der Waals surface area contributed by atoms with E-state index in [4.69, 9.17) is 16.7 Å². The highest BCUT2D eigenvalue weighted by Gasteiger charge is 2.41. The number of halogens is 1. The van der Waals surface area contributed by atoms with Gasteiger partial charge >= 0.3 is 0 Å². The molecule has 0 aliphatic carbocycles. The van der Waals surface area contributed by atoms with E-state index in [-0.39, 0.29) is 11.8 Å². The zero-order valence-electron chi connectivity index (χ0n) is 25.2. The van der Waals surface area contributed by atoms with E-state index >= 15 is 0 Å². The molecular weight excluding hydrogens is 590 g/mol. The fourth-order valence-electron chi connectivity index (χ4n) is 6.65. The van der Waals surface area contributed by atoms with Crippen molar-refractivity contribution >= 4 is 34.2 Å². The largest absolute Gasteiger partial charge is 0.316 e. The van der Waals surface area contributed by atoms with Gasteiger partial charge in [0.1, 0.15) is 5.54 Å². The van der Waals surface area contributed by atoms with Crippen molar-refractivity contribution in [2.75, 3.05) is 18.4 Å². The van der Waals surface area contributed by atoms with Crippen LogP contribution in [0.3, 0.4) is 0 Å². The molecule has 1 atom stereocenters. The van der Waals surface area contributed by atoms with Crippen LogP contribution in [0.1, 0.15) is 35.1 Å². The van der Waals surface area contributed by atoms with E-state index in [2.05, 4.69) is 53.1 Å². The topological polar surface area (TPSA) is 82.7 Å². The second kappa shape index (κ2) is 12.6. The minimum absolute atomic E-state index is 0.0570. The molecule has 7 heteroatoms. The monoisotopic (exact) mass is 621 g/mol. The molecule has 2 heterocycles. The molecule has 1 aromatic heterocycles. The van der Waals surface area contributed by atoms with Gasteiger partial charge in [0.25, 0.3) is 0 Å². The first-order valence-electron chi connectivity index (χ1n) is 15.5. The number of benzene rings is 5. The van der Waals surface area contributed by atoms with Crippen molar-refractivity contribution < 1.29 is 4.79 Å². The van der Waals surface area contributed by atoms with Crippen molar-refractivity contribution in [3.05, 3.63) is 155 Å². The van der Waals surface area contributed by atoms with Gasteiger partial charge in [0.05, 0.1) is 23.1 Å². The molecule has 1 aliphatic heterocycles. The van der Waals surface area contributed by atoms with Crippen LogP contribution in [0.4, 0.5) is 5.82 Å². The summed E-state index contributed by atoms with van der Waals surface area (Å²) in [5.74, 6) is 0.270. The van der Waals surface area contributed by atoms with Crippen LogP contribution in [-0.2, 0) is 10.3 Å². The number of nitriles is 1. The first-order valence-corrected chi connectivity index (χ1v) is 15.9. The lowest BCUT2D eigenvalue weighted by molar-refractivity contribution is -0.120. The number of anilines is 1. The molecule has 1 amide bonds. The maximum atomic E-state index is 13.7. The smallest absolute Gasteiger partial charge is 0.229 e. The van der Waals surface area contributed by atoms with Crippen molar-refractivity contribution in [2.24, 2.45) is 5.92 Å². The summed E-state index contributed by atoms with van der Waals surface area (Å²) in [6.45, 7) is 1.55. The van der Waals surface area contributed by atoms with Crippen LogP contribution in [0, 0.1) is 17.2 Å². The molecule has 1 aliphatic rings. The average Bonchev–Trinajstić information content (AvgIpc) is 3.48. The molecule has 0 radical (unpaired) electrons. The normalized spacial score (nSPS) is 14.9. The summed E-state index contributed by atoms with van der Waals surface area (Å²) < 4.78 is 2.05. The van der Waals surface area contributed by atoms with E-state index in [0.717, 1.165) is 58.1 Å². The standard InChI is InChI=1S/C39H32ClN5O/c40-35-20-18-27(25-41)23-33(35)28-19-21-36-34(24-28)37(43-38(46)29-11-10-22-42-26-29)44-45(36)39(30-12-4-1-5-13-30,31-14-6-2-7-15-31)32-16-8-3-9-17-32/h1-9,12-21,23-24,29,42H,10-11,22,26H2,(H,43,44,46)/t29-/m1/s1. The van der Waals surface area contributed by atoms with Gasteiger partial charge in [0.15, 0.2) is 5.82 Å². The van der Waals surface area contributed by atoms with Gasteiger partial charge < -0.3 is 10.6 Å². The minimum atomic E-state index is -0.878. The number of fused-ring (bicyclic) bond motifs is 1. The molecule has 1 fully saturated rings. The predicted octanol–water partition coefficient (Wildman–Crippen LogP) is 8.01. The Morgan fingerprint density at radius 1 is 0.870 bits per heavy atom. The number of rotatable bonds is 7. The number of hydrogen-bond donors (Lipinski definition) is 2. The van der Waals surface area contributed by atoms with Crippen LogP contribution in [0.25, 0.3) is 22.0 Å². The molecule has 0 spiro atoms. The Balaban J connectivity index is 1.53. The molecule has 226 valence electrons. The van der Waals surface area contributed by atoms with Gasteiger partial charge in [0.2, 0.25) is 5.91 Å². The van der Waals surface area contributed by atoms with Crippen LogP contribution >= 0.6 is 11.6 Å². The number of aromatic nitrogens is 2. The number of piperidine rings is 1. The van der Waals surface area contributed by atoms with Crippen molar-refractivity contribution in [1.29, 1.82) is 5.26 Å². The number of carbonyl (C=O) groups is 1. The number of nitrogens with zero attached hydrogens (tertiary/aromatic N) is 3. The zero-order chi connectivity index (χ0) is 31.5. The van der Waals surface area contributed by atoms with Crippen molar-refractivity contribution in [1.82, 2.24) is 15.1 Å². The van der Waals surface area contributed by atoms with E-state index < -0.39 is 5.54 Å². The summed E-state index contributed by atoms with van der Waals surface area (Å²) in [6.07, 6.45) is 1.77. The Hall–Kier alpha value is -5.22. The lowest BCUT2D eigenvalue weighted by Gasteiger charge is -2.37. The van der Waals surface area contributed by atoms with Crippen LogP contribution in [0.2, 0.25) is 5.02 Å². The molecule has 6 nitrogen and oxygen atoms in total. The van der Waals surface area contributed by atoms with Crippen LogP contribution < -0.4 is 10.6 Å². The van der Waals surface area contributed by atoms with Crippen molar-refractivity contribution in [3.63, 3.8) is 0 Å². The Morgan fingerprint density at radius 2 is 1.50 bits per heavy atom. The number of hydrogen-bond acceptors (Lipinski definition) is 4. The van der Waals surface area contributed by atoms with E-state index in [0.29, 0.717) is 22.9 Å². The molecule has 2 N–H and O–H groups in total. The number of amides is 1. The SMILES string of the molecule is N#Cc1ccc(Cl)c(-c2ccc3c(c2)c(NC(=O)[C@@H]2CCCNC2)nn3C(c2ccccc2)(c2ccccc2)c2ccccc2)c1. The fraction of sp³-hybridized carbons (Fsp3) is 0.154. The summed E-state index contributed by atoms with van der Waals surface area (Å²) in [5, 5.41) is 22.8. The third kappa shape index (κ3) is 5.24. The quantitative estimate of drug-likeness (QED) is 0.177. The lowest BCUT2D eigenvalue weighted by Crippen LogP contribution is -2.39. The van der Waals surface area contributed by atoms with E-state index in [1.54, 1.807) is 18.2 Å². The van der Waals surface area contributed by atoms with Gasteiger partial charge in [0, 0.05) is 22.5 Å². The van der Waals surface area contributed by atoms with E-state index in [9.17, 15) is 10.1 Å². The van der Waals surface area contributed by atoms with Crippen LogP contribution in [0.15, 0.2) is 127 Å². The van der Waals surface area contributed by atoms with Crippen molar-refractivity contribution in [3.8, 4) is 17.2 Å². The average molecular weight is 622 g/mol. The third-order valence-corrected chi connectivity index (χ3v) is 9.22. The third-order valence-electron chi connectivity index (χ3n) is 8.89. The number of nitrogens with one attached hydrogen (secondary N) is 2. The highest BCUT2D eigenvalue weighted by atomic mass is 35.5.